The third-order valence-corrected chi connectivity index (χ3v) is 4.42. The number of thiazole rings is 1. The molecule has 1 heterocycles. The fraction of sp³-hybridized carbons (Fsp3) is 0.286. The van der Waals surface area contributed by atoms with Crippen molar-refractivity contribution < 1.29 is 4.79 Å². The van der Waals surface area contributed by atoms with E-state index in [0.29, 0.717) is 23.8 Å². The van der Waals surface area contributed by atoms with Crippen molar-refractivity contribution in [3.8, 4) is 0 Å². The van der Waals surface area contributed by atoms with Gasteiger partial charge in [-0.15, -0.1) is 11.3 Å². The van der Waals surface area contributed by atoms with Crippen molar-refractivity contribution in [2.75, 3.05) is 18.9 Å². The van der Waals surface area contributed by atoms with E-state index in [4.69, 9.17) is 11.6 Å². The molecule has 2 rings (SSSR count). The minimum absolute atomic E-state index is 0.0945. The Labute approximate surface area is 141 Å². The third-order valence-electron chi connectivity index (χ3n) is 2.71. The van der Waals surface area contributed by atoms with Gasteiger partial charge in [-0.05, 0) is 32.2 Å². The molecule has 0 aliphatic heterocycles. The van der Waals surface area contributed by atoms with Crippen LogP contribution in [0.25, 0.3) is 0 Å². The van der Waals surface area contributed by atoms with Gasteiger partial charge in [0.1, 0.15) is 0 Å². The van der Waals surface area contributed by atoms with Crippen LogP contribution in [0.2, 0.25) is 5.02 Å². The molecule has 4 nitrogen and oxygen atoms in total. The molecule has 1 N–H and O–H groups in total. The van der Waals surface area contributed by atoms with Crippen LogP contribution in [0, 0.1) is 6.92 Å². The summed E-state index contributed by atoms with van der Waals surface area (Å²) in [6.07, 6.45) is 1.85. The van der Waals surface area contributed by atoms with E-state index in [2.05, 4.69) is 26.2 Å². The second-order valence-corrected chi connectivity index (χ2v) is 7.33. The number of benzene rings is 1. The van der Waals surface area contributed by atoms with Gasteiger partial charge in [-0.3, -0.25) is 9.69 Å². The lowest BCUT2D eigenvalue weighted by Crippen LogP contribution is -2.29. The fourth-order valence-corrected chi connectivity index (χ4v) is 3.42. The van der Waals surface area contributed by atoms with Crippen LogP contribution in [0.15, 0.2) is 28.9 Å². The second kappa shape index (κ2) is 7.35. The van der Waals surface area contributed by atoms with Crippen LogP contribution >= 0.6 is 38.9 Å². The van der Waals surface area contributed by atoms with Crippen LogP contribution < -0.4 is 5.32 Å². The molecule has 2 aromatic rings. The van der Waals surface area contributed by atoms with Gasteiger partial charge < -0.3 is 5.32 Å². The average molecular weight is 389 g/mol. The Morgan fingerprint density at radius 2 is 2.29 bits per heavy atom. The highest BCUT2D eigenvalue weighted by molar-refractivity contribution is 9.10. The number of hydrogen-bond acceptors (Lipinski definition) is 4. The van der Waals surface area contributed by atoms with Gasteiger partial charge >= 0.3 is 0 Å². The Morgan fingerprint density at radius 3 is 2.90 bits per heavy atom. The smallest absolute Gasteiger partial charge is 0.238 e. The molecule has 0 bridgehead atoms. The zero-order valence-electron chi connectivity index (χ0n) is 11.7. The Hall–Kier alpha value is -0.950. The molecule has 0 aliphatic carbocycles. The van der Waals surface area contributed by atoms with E-state index in [1.165, 1.54) is 0 Å². The number of carbonyl (C=O) groups excluding carboxylic acids is 1. The Morgan fingerprint density at radius 1 is 1.52 bits per heavy atom. The lowest BCUT2D eigenvalue weighted by atomic mass is 10.3. The first-order chi connectivity index (χ1) is 9.94. The molecule has 1 aromatic carbocycles. The Bertz CT molecular complexity index is 647. The van der Waals surface area contributed by atoms with Crippen molar-refractivity contribution in [2.45, 2.75) is 13.5 Å². The van der Waals surface area contributed by atoms with Crippen LogP contribution in [-0.2, 0) is 11.3 Å². The molecule has 0 saturated carbocycles. The number of carbonyl (C=O) groups is 1. The molecule has 0 atom stereocenters. The lowest BCUT2D eigenvalue weighted by Gasteiger charge is -2.15. The van der Waals surface area contributed by atoms with E-state index in [9.17, 15) is 4.79 Å². The monoisotopic (exact) mass is 387 g/mol. The van der Waals surface area contributed by atoms with Crippen LogP contribution in [0.1, 0.15) is 9.88 Å². The molecule has 112 valence electrons. The van der Waals surface area contributed by atoms with Gasteiger partial charge in [-0.25, -0.2) is 4.98 Å². The molecule has 0 spiro atoms. The van der Waals surface area contributed by atoms with Crippen molar-refractivity contribution >= 4 is 50.5 Å². The summed E-state index contributed by atoms with van der Waals surface area (Å²) >= 11 is 11.0. The van der Waals surface area contributed by atoms with Crippen LogP contribution in [0.3, 0.4) is 0 Å². The number of likely N-dealkylation sites (N-methyl/N-ethyl adjacent to an activating group) is 1. The largest absolute Gasteiger partial charge is 0.324 e. The van der Waals surface area contributed by atoms with Crippen molar-refractivity contribution in [3.63, 3.8) is 0 Å². The Kier molecular flexibility index (Phi) is 5.75. The maximum atomic E-state index is 12.0. The molecular weight excluding hydrogens is 374 g/mol. The Balaban J connectivity index is 1.89. The number of rotatable bonds is 5. The molecule has 21 heavy (non-hydrogen) atoms. The van der Waals surface area contributed by atoms with E-state index in [1.807, 2.05) is 31.1 Å². The predicted molar refractivity (Wildman–Crippen MR) is 91.0 cm³/mol. The highest BCUT2D eigenvalue weighted by Gasteiger charge is 2.10. The molecular formula is C14H15BrClN3OS. The first-order valence-electron chi connectivity index (χ1n) is 6.29. The van der Waals surface area contributed by atoms with Crippen LogP contribution in [0.4, 0.5) is 5.69 Å². The SMILES string of the molecule is Cc1ncc(CN(C)CC(=O)Nc2ccc(Br)cc2Cl)s1. The number of anilines is 1. The van der Waals surface area contributed by atoms with E-state index in [0.717, 1.165) is 14.4 Å². The van der Waals surface area contributed by atoms with Gasteiger partial charge in [0.05, 0.1) is 22.3 Å². The number of aromatic nitrogens is 1. The molecule has 0 fully saturated rings. The number of aryl methyl sites for hydroxylation is 1. The number of amides is 1. The molecule has 1 aromatic heterocycles. The van der Waals surface area contributed by atoms with Gasteiger partial charge in [0, 0.05) is 22.1 Å². The van der Waals surface area contributed by atoms with Gasteiger partial charge in [-0.2, -0.15) is 0 Å². The van der Waals surface area contributed by atoms with Gasteiger partial charge in [-0.1, -0.05) is 27.5 Å². The number of nitrogens with one attached hydrogen (secondary N) is 1. The van der Waals surface area contributed by atoms with Crippen molar-refractivity contribution in [1.29, 1.82) is 0 Å². The minimum Gasteiger partial charge on any atom is -0.324 e. The molecule has 0 radical (unpaired) electrons. The predicted octanol–water partition coefficient (Wildman–Crippen LogP) is 3.94. The first-order valence-corrected chi connectivity index (χ1v) is 8.27. The standard InChI is InChI=1S/C14H15BrClN3OS/c1-9-17-6-11(21-9)7-19(2)8-14(20)18-13-4-3-10(15)5-12(13)16/h3-6H,7-8H2,1-2H3,(H,18,20). The minimum atomic E-state index is -0.0945. The quantitative estimate of drug-likeness (QED) is 0.844. The first kappa shape index (κ1) is 16.4. The van der Waals surface area contributed by atoms with Gasteiger partial charge in [0.25, 0.3) is 0 Å². The van der Waals surface area contributed by atoms with E-state index >= 15 is 0 Å². The molecule has 0 saturated heterocycles. The lowest BCUT2D eigenvalue weighted by molar-refractivity contribution is -0.117. The topological polar surface area (TPSA) is 45.2 Å². The highest BCUT2D eigenvalue weighted by Crippen LogP contribution is 2.25. The van der Waals surface area contributed by atoms with Crippen molar-refractivity contribution in [2.24, 2.45) is 0 Å². The zero-order valence-corrected chi connectivity index (χ0v) is 14.8. The maximum Gasteiger partial charge on any atom is 0.238 e. The fourth-order valence-electron chi connectivity index (χ4n) is 1.83. The van der Waals surface area contributed by atoms with Crippen LogP contribution in [0.5, 0.6) is 0 Å². The summed E-state index contributed by atoms with van der Waals surface area (Å²) in [6, 6.07) is 5.36. The van der Waals surface area contributed by atoms with Gasteiger partial charge in [0.15, 0.2) is 0 Å². The van der Waals surface area contributed by atoms with Crippen LogP contribution in [-0.4, -0.2) is 29.4 Å². The third kappa shape index (κ3) is 5.07. The summed E-state index contributed by atoms with van der Waals surface area (Å²) in [5.74, 6) is -0.0945. The summed E-state index contributed by atoms with van der Waals surface area (Å²) in [5.41, 5.74) is 0.618. The van der Waals surface area contributed by atoms with Gasteiger partial charge in [0.2, 0.25) is 5.91 Å². The summed E-state index contributed by atoms with van der Waals surface area (Å²) in [7, 11) is 1.90. The van der Waals surface area contributed by atoms with Crippen molar-refractivity contribution in [1.82, 2.24) is 9.88 Å². The molecule has 1 amide bonds. The maximum absolute atomic E-state index is 12.0. The van der Waals surface area contributed by atoms with E-state index < -0.39 is 0 Å². The normalized spacial score (nSPS) is 10.9. The summed E-state index contributed by atoms with van der Waals surface area (Å²) in [5, 5.41) is 4.36. The summed E-state index contributed by atoms with van der Waals surface area (Å²) < 4.78 is 0.878. The van der Waals surface area contributed by atoms with E-state index in [1.54, 1.807) is 23.5 Å². The zero-order chi connectivity index (χ0) is 15.4. The number of hydrogen-bond donors (Lipinski definition) is 1. The molecule has 7 heteroatoms. The highest BCUT2D eigenvalue weighted by atomic mass is 79.9. The molecule has 0 unspecified atom stereocenters. The average Bonchev–Trinajstić information content (AvgIpc) is 2.78. The summed E-state index contributed by atoms with van der Waals surface area (Å²) in [6.45, 7) is 2.97. The number of halogens is 2. The van der Waals surface area contributed by atoms with Crippen molar-refractivity contribution in [3.05, 3.63) is 43.8 Å². The molecule has 0 aliphatic rings. The van der Waals surface area contributed by atoms with E-state index in [-0.39, 0.29) is 5.91 Å². The summed E-state index contributed by atoms with van der Waals surface area (Å²) in [4.78, 5) is 19.3. The number of nitrogens with zero attached hydrogens (tertiary/aromatic N) is 2. The second-order valence-electron chi connectivity index (χ2n) is 4.69.